The molecule has 10 atom stereocenters. The summed E-state index contributed by atoms with van der Waals surface area (Å²) in [5.74, 6) is -4.07. The van der Waals surface area contributed by atoms with Crippen molar-refractivity contribution in [3.63, 3.8) is 0 Å². The predicted octanol–water partition coefficient (Wildman–Crippen LogP) is 2.02. The van der Waals surface area contributed by atoms with Gasteiger partial charge in [-0.05, 0) is 50.5 Å². The van der Waals surface area contributed by atoms with E-state index in [0.29, 0.717) is 5.57 Å². The van der Waals surface area contributed by atoms with Crippen LogP contribution in [0.15, 0.2) is 41.5 Å². The van der Waals surface area contributed by atoms with E-state index in [-0.39, 0.29) is 30.6 Å². The van der Waals surface area contributed by atoms with Crippen LogP contribution in [0.1, 0.15) is 71.7 Å². The number of ether oxygens (including phenoxy) is 5. The number of esters is 4. The topological polar surface area (TPSA) is 175 Å². The number of rotatable bonds is 6. The Morgan fingerprint density at radius 1 is 0.956 bits per heavy atom. The number of fused-ring (bicyclic) bond motifs is 4. The number of hydrogen-bond donors (Lipinski definition) is 3. The monoisotopic (exact) mass is 630 g/mol. The molecule has 1 heterocycles. The molecule has 12 heteroatoms. The zero-order valence-corrected chi connectivity index (χ0v) is 26.6. The van der Waals surface area contributed by atoms with Crippen molar-refractivity contribution in [2.45, 2.75) is 109 Å². The van der Waals surface area contributed by atoms with Crippen molar-refractivity contribution < 1.29 is 58.2 Å². The minimum atomic E-state index is -1.80. The Bertz CT molecular complexity index is 1410. The number of aliphatic hydroxyl groups is 3. The van der Waals surface area contributed by atoms with Crippen LogP contribution < -0.4 is 0 Å². The van der Waals surface area contributed by atoms with E-state index in [1.165, 1.54) is 34.6 Å². The number of aliphatic hydroxyl groups excluding tert-OH is 2. The number of carbonyl (C=O) groups excluding carboxylic acids is 4. The van der Waals surface area contributed by atoms with Crippen LogP contribution in [0.4, 0.5) is 0 Å². The SMILES string of the molecule is CC(=O)O[C@H]1C[C@H]2OC[C@@]2(OC(C)=O)C2[C@H](OC(C)=O)[C@]3(C(C)(C)O)C[C@H](O)C(C)=C3[C@@H](OC(=O)c3ccccc3)[C@H](O)[C@@]21C. The van der Waals surface area contributed by atoms with E-state index in [0.717, 1.165) is 0 Å². The molecule has 3 N–H and O–H groups in total. The Labute approximate surface area is 261 Å². The van der Waals surface area contributed by atoms with Crippen molar-refractivity contribution in [1.82, 2.24) is 0 Å². The third kappa shape index (κ3) is 4.88. The smallest absolute Gasteiger partial charge is 0.338 e. The van der Waals surface area contributed by atoms with Crippen molar-refractivity contribution in [1.29, 1.82) is 0 Å². The fraction of sp³-hybridized carbons (Fsp3) is 0.636. The lowest BCUT2D eigenvalue weighted by atomic mass is 9.49. The maximum atomic E-state index is 13.7. The summed E-state index contributed by atoms with van der Waals surface area (Å²) in [6.07, 6.45) is -7.94. The maximum absolute atomic E-state index is 13.7. The van der Waals surface area contributed by atoms with Gasteiger partial charge in [0, 0.05) is 32.6 Å². The fourth-order valence-electron chi connectivity index (χ4n) is 8.63. The maximum Gasteiger partial charge on any atom is 0.338 e. The van der Waals surface area contributed by atoms with Crippen LogP contribution in [0.2, 0.25) is 0 Å². The lowest BCUT2D eigenvalue weighted by Crippen LogP contribution is -2.79. The summed E-state index contributed by atoms with van der Waals surface area (Å²) in [7, 11) is 0. The molecule has 0 aromatic heterocycles. The van der Waals surface area contributed by atoms with Crippen LogP contribution in [-0.4, -0.2) is 93.6 Å². The van der Waals surface area contributed by atoms with Gasteiger partial charge in [-0.25, -0.2) is 4.79 Å². The Kier molecular flexibility index (Phi) is 8.21. The molecule has 1 aliphatic heterocycles. The van der Waals surface area contributed by atoms with Crippen LogP contribution in [0.25, 0.3) is 0 Å². The van der Waals surface area contributed by atoms with E-state index < -0.39 is 88.5 Å². The van der Waals surface area contributed by atoms with E-state index in [2.05, 4.69) is 0 Å². The Hall–Kier alpha value is -3.32. The summed E-state index contributed by atoms with van der Waals surface area (Å²) in [5.41, 5.74) is -5.97. The highest BCUT2D eigenvalue weighted by atomic mass is 16.6. The second-order valence-electron chi connectivity index (χ2n) is 13.5. The van der Waals surface area contributed by atoms with Gasteiger partial charge in [-0.15, -0.1) is 0 Å². The molecular weight excluding hydrogens is 588 g/mol. The van der Waals surface area contributed by atoms with Crippen molar-refractivity contribution in [2.75, 3.05) is 6.61 Å². The number of carbonyl (C=O) groups is 4. The highest BCUT2D eigenvalue weighted by Gasteiger charge is 2.80. The summed E-state index contributed by atoms with van der Waals surface area (Å²) >= 11 is 0. The van der Waals surface area contributed by atoms with Crippen molar-refractivity contribution in [3.05, 3.63) is 47.0 Å². The first kappa shape index (κ1) is 33.1. The summed E-state index contributed by atoms with van der Waals surface area (Å²) in [5, 5.41) is 36.2. The number of benzene rings is 1. The molecule has 4 aliphatic rings. The second-order valence-corrected chi connectivity index (χ2v) is 13.5. The van der Waals surface area contributed by atoms with Crippen molar-refractivity contribution in [3.8, 4) is 0 Å². The van der Waals surface area contributed by atoms with Crippen LogP contribution in [0.5, 0.6) is 0 Å². The molecule has 0 radical (unpaired) electrons. The first-order valence-corrected chi connectivity index (χ1v) is 15.1. The largest absolute Gasteiger partial charge is 0.462 e. The van der Waals surface area contributed by atoms with Crippen LogP contribution in [0.3, 0.4) is 0 Å². The molecule has 1 unspecified atom stereocenters. The fourth-order valence-corrected chi connectivity index (χ4v) is 8.63. The zero-order valence-electron chi connectivity index (χ0n) is 26.6. The van der Waals surface area contributed by atoms with Gasteiger partial charge in [-0.3, -0.25) is 14.4 Å². The quantitative estimate of drug-likeness (QED) is 0.237. The van der Waals surface area contributed by atoms with Gasteiger partial charge >= 0.3 is 23.9 Å². The molecule has 12 nitrogen and oxygen atoms in total. The lowest BCUT2D eigenvalue weighted by Gasteiger charge is -2.65. The van der Waals surface area contributed by atoms with Crippen LogP contribution in [0, 0.1) is 16.7 Å². The average molecular weight is 631 g/mol. The molecule has 1 aromatic rings. The molecule has 0 amide bonds. The standard InChI is InChI=1S/C33H42O12/c1-16-21(37)14-32(30(5,6)40)24(16)25(44-29(39)20-11-9-8-10-12-20)27(38)31(7)22(42-17(2)34)13-23-33(15-41-23,45-19(4)36)26(31)28(32)43-18(3)35/h8-12,21-23,25-28,37-38,40H,13-15H2,1-7H3/t21-,22-,23+,25+,26?,27-,28-,31+,32-,33-/m0/s1. The molecule has 1 saturated heterocycles. The summed E-state index contributed by atoms with van der Waals surface area (Å²) in [6.45, 7) is 9.66. The molecule has 3 fully saturated rings. The van der Waals surface area contributed by atoms with Gasteiger partial charge in [0.15, 0.2) is 11.7 Å². The lowest BCUT2D eigenvalue weighted by molar-refractivity contribution is -0.352. The molecule has 0 spiro atoms. The Balaban J connectivity index is 1.87. The van der Waals surface area contributed by atoms with Crippen molar-refractivity contribution in [2.24, 2.45) is 16.7 Å². The van der Waals surface area contributed by atoms with E-state index in [9.17, 15) is 34.5 Å². The first-order valence-electron chi connectivity index (χ1n) is 15.1. The minimum absolute atomic E-state index is 0.000758. The summed E-state index contributed by atoms with van der Waals surface area (Å²) < 4.78 is 30.1. The molecule has 1 aromatic carbocycles. The van der Waals surface area contributed by atoms with Crippen LogP contribution >= 0.6 is 0 Å². The average Bonchev–Trinajstić information content (AvgIpc) is 3.18. The molecule has 2 saturated carbocycles. The third-order valence-corrected chi connectivity index (χ3v) is 10.6. The normalized spacial score (nSPS) is 38.8. The first-order chi connectivity index (χ1) is 20.9. The molecule has 45 heavy (non-hydrogen) atoms. The van der Waals surface area contributed by atoms with E-state index >= 15 is 0 Å². The van der Waals surface area contributed by atoms with Gasteiger partial charge in [0.1, 0.15) is 24.4 Å². The highest BCUT2D eigenvalue weighted by Crippen LogP contribution is 2.68. The van der Waals surface area contributed by atoms with E-state index in [1.807, 2.05) is 0 Å². The Morgan fingerprint density at radius 2 is 1.58 bits per heavy atom. The van der Waals surface area contributed by atoms with E-state index in [1.54, 1.807) is 44.2 Å². The second kappa shape index (κ2) is 11.2. The van der Waals surface area contributed by atoms with Gasteiger partial charge in [-0.1, -0.05) is 25.1 Å². The van der Waals surface area contributed by atoms with Gasteiger partial charge in [0.25, 0.3) is 0 Å². The van der Waals surface area contributed by atoms with Crippen molar-refractivity contribution >= 4 is 23.9 Å². The Morgan fingerprint density at radius 3 is 2.09 bits per heavy atom. The van der Waals surface area contributed by atoms with Crippen LogP contribution in [-0.2, 0) is 38.1 Å². The summed E-state index contributed by atoms with van der Waals surface area (Å²) in [6, 6.07) is 8.11. The zero-order chi connectivity index (χ0) is 33.3. The molecule has 5 rings (SSSR count). The minimum Gasteiger partial charge on any atom is -0.462 e. The van der Waals surface area contributed by atoms with Gasteiger partial charge < -0.3 is 39.0 Å². The number of hydrogen-bond acceptors (Lipinski definition) is 12. The molecular formula is C33H42O12. The molecule has 0 bridgehead atoms. The summed E-state index contributed by atoms with van der Waals surface area (Å²) in [4.78, 5) is 51.9. The third-order valence-electron chi connectivity index (χ3n) is 10.6. The predicted molar refractivity (Wildman–Crippen MR) is 155 cm³/mol. The molecule has 246 valence electrons. The highest BCUT2D eigenvalue weighted by molar-refractivity contribution is 5.89. The molecule has 3 aliphatic carbocycles. The van der Waals surface area contributed by atoms with E-state index in [4.69, 9.17) is 23.7 Å². The van der Waals surface area contributed by atoms with Gasteiger partial charge in [-0.2, -0.15) is 0 Å². The van der Waals surface area contributed by atoms with Gasteiger partial charge in [0.05, 0.1) is 35.2 Å². The van der Waals surface area contributed by atoms with Gasteiger partial charge in [0.2, 0.25) is 0 Å².